The average molecular weight is 290 g/mol. The van der Waals surface area contributed by atoms with E-state index in [0.717, 1.165) is 13.0 Å². The largest absolute Gasteiger partial charge is 0.392 e. The van der Waals surface area contributed by atoms with E-state index in [-0.39, 0.29) is 11.9 Å². The van der Waals surface area contributed by atoms with E-state index >= 15 is 0 Å². The summed E-state index contributed by atoms with van der Waals surface area (Å²) in [4.78, 5) is 16.5. The molecule has 1 amide bonds. The van der Waals surface area contributed by atoms with Crippen molar-refractivity contribution in [2.75, 3.05) is 19.6 Å². The molecule has 0 spiro atoms. The number of fused-ring (bicyclic) bond motifs is 1. The molecule has 0 saturated heterocycles. The summed E-state index contributed by atoms with van der Waals surface area (Å²) >= 11 is 0. The number of hydrogen-bond acceptors (Lipinski definition) is 3. The SMILES string of the molecule is CC(O)CN(CC(=O)N1CCc2ccccc2C1)C(C)C. The van der Waals surface area contributed by atoms with Gasteiger partial charge in [-0.1, -0.05) is 24.3 Å². The number of nitrogens with zero attached hydrogens (tertiary/aromatic N) is 2. The van der Waals surface area contributed by atoms with Crippen LogP contribution in [0.5, 0.6) is 0 Å². The molecule has 0 aromatic heterocycles. The van der Waals surface area contributed by atoms with Gasteiger partial charge in [0.05, 0.1) is 12.6 Å². The fourth-order valence-corrected chi connectivity index (χ4v) is 2.78. The number of aliphatic hydroxyl groups excluding tert-OH is 1. The molecule has 0 aliphatic carbocycles. The van der Waals surface area contributed by atoms with E-state index in [1.165, 1.54) is 11.1 Å². The highest BCUT2D eigenvalue weighted by Crippen LogP contribution is 2.18. The minimum absolute atomic E-state index is 0.152. The first kappa shape index (κ1) is 16.0. The summed E-state index contributed by atoms with van der Waals surface area (Å²) in [6.45, 7) is 8.28. The van der Waals surface area contributed by atoms with Crippen molar-refractivity contribution in [3.63, 3.8) is 0 Å². The Kier molecular flexibility index (Phi) is 5.37. The van der Waals surface area contributed by atoms with Crippen LogP contribution in [0.15, 0.2) is 24.3 Å². The van der Waals surface area contributed by atoms with Crippen LogP contribution >= 0.6 is 0 Å². The lowest BCUT2D eigenvalue weighted by molar-refractivity contribution is -0.134. The van der Waals surface area contributed by atoms with Gasteiger partial charge in [-0.25, -0.2) is 0 Å². The number of benzene rings is 1. The van der Waals surface area contributed by atoms with Crippen molar-refractivity contribution < 1.29 is 9.90 Å². The Labute approximate surface area is 127 Å². The number of aliphatic hydroxyl groups is 1. The first-order valence-electron chi connectivity index (χ1n) is 7.74. The van der Waals surface area contributed by atoms with Crippen molar-refractivity contribution in [3.8, 4) is 0 Å². The summed E-state index contributed by atoms with van der Waals surface area (Å²) < 4.78 is 0. The molecule has 1 N–H and O–H groups in total. The first-order valence-corrected chi connectivity index (χ1v) is 7.74. The Morgan fingerprint density at radius 2 is 1.95 bits per heavy atom. The number of carbonyl (C=O) groups excluding carboxylic acids is 1. The van der Waals surface area contributed by atoms with Gasteiger partial charge in [-0.05, 0) is 38.3 Å². The van der Waals surface area contributed by atoms with Crippen LogP contribution in [0.4, 0.5) is 0 Å². The van der Waals surface area contributed by atoms with Crippen molar-refractivity contribution in [3.05, 3.63) is 35.4 Å². The molecule has 1 heterocycles. The molecule has 1 unspecified atom stereocenters. The maximum Gasteiger partial charge on any atom is 0.237 e. The van der Waals surface area contributed by atoms with Crippen LogP contribution in [0.1, 0.15) is 31.9 Å². The van der Waals surface area contributed by atoms with Crippen molar-refractivity contribution in [2.24, 2.45) is 0 Å². The summed E-state index contributed by atoms with van der Waals surface area (Å²) in [7, 11) is 0. The summed E-state index contributed by atoms with van der Waals surface area (Å²) in [6, 6.07) is 8.58. The van der Waals surface area contributed by atoms with Gasteiger partial charge < -0.3 is 10.0 Å². The number of hydrogen-bond donors (Lipinski definition) is 1. The van der Waals surface area contributed by atoms with Crippen LogP contribution in [0.3, 0.4) is 0 Å². The third-order valence-electron chi connectivity index (χ3n) is 4.05. The fourth-order valence-electron chi connectivity index (χ4n) is 2.78. The summed E-state index contributed by atoms with van der Waals surface area (Å²) in [6.07, 6.45) is 0.516. The lowest BCUT2D eigenvalue weighted by Crippen LogP contribution is -2.46. The third kappa shape index (κ3) is 4.29. The Hall–Kier alpha value is -1.39. The minimum atomic E-state index is -0.415. The summed E-state index contributed by atoms with van der Waals surface area (Å²) in [5.41, 5.74) is 2.61. The van der Waals surface area contributed by atoms with E-state index in [4.69, 9.17) is 0 Å². The van der Waals surface area contributed by atoms with Gasteiger partial charge in [0.15, 0.2) is 0 Å². The van der Waals surface area contributed by atoms with Crippen molar-refractivity contribution in [1.29, 1.82) is 0 Å². The molecule has 116 valence electrons. The van der Waals surface area contributed by atoms with Gasteiger partial charge in [0, 0.05) is 25.7 Å². The second-order valence-electron chi connectivity index (χ2n) is 6.21. The molecule has 0 fully saturated rings. The van der Waals surface area contributed by atoms with Crippen LogP contribution < -0.4 is 0 Å². The lowest BCUT2D eigenvalue weighted by atomic mass is 10.00. The van der Waals surface area contributed by atoms with Crippen molar-refractivity contribution in [2.45, 2.75) is 45.9 Å². The monoisotopic (exact) mass is 290 g/mol. The molecule has 1 aromatic rings. The van der Waals surface area contributed by atoms with E-state index < -0.39 is 6.10 Å². The Balaban J connectivity index is 1.98. The van der Waals surface area contributed by atoms with E-state index in [9.17, 15) is 9.90 Å². The molecule has 4 heteroatoms. The van der Waals surface area contributed by atoms with Gasteiger partial charge in [0.25, 0.3) is 0 Å². The molecule has 0 bridgehead atoms. The van der Waals surface area contributed by atoms with Crippen molar-refractivity contribution >= 4 is 5.91 Å². The zero-order chi connectivity index (χ0) is 15.4. The quantitative estimate of drug-likeness (QED) is 0.897. The van der Waals surface area contributed by atoms with Crippen LogP contribution in [0, 0.1) is 0 Å². The summed E-state index contributed by atoms with van der Waals surface area (Å²) in [5, 5.41) is 9.56. The van der Waals surface area contributed by atoms with Gasteiger partial charge in [-0.15, -0.1) is 0 Å². The van der Waals surface area contributed by atoms with Crippen LogP contribution in [0.2, 0.25) is 0 Å². The van der Waals surface area contributed by atoms with E-state index in [1.54, 1.807) is 6.92 Å². The fraction of sp³-hybridized carbons (Fsp3) is 0.588. The van der Waals surface area contributed by atoms with Gasteiger partial charge in [-0.2, -0.15) is 0 Å². The second kappa shape index (κ2) is 7.05. The molecule has 1 aromatic carbocycles. The number of rotatable bonds is 5. The third-order valence-corrected chi connectivity index (χ3v) is 4.05. The molecule has 2 rings (SSSR count). The predicted molar refractivity (Wildman–Crippen MR) is 84.0 cm³/mol. The molecule has 0 saturated carbocycles. The normalized spacial score (nSPS) is 16.2. The van der Waals surface area contributed by atoms with Crippen LogP contribution in [0.25, 0.3) is 0 Å². The Bertz CT molecular complexity index is 485. The van der Waals surface area contributed by atoms with Gasteiger partial charge in [-0.3, -0.25) is 9.69 Å². The number of amides is 1. The highest BCUT2D eigenvalue weighted by molar-refractivity contribution is 5.78. The van der Waals surface area contributed by atoms with Crippen LogP contribution in [-0.4, -0.2) is 52.6 Å². The molecule has 0 radical (unpaired) electrons. The molecule has 1 aliphatic heterocycles. The second-order valence-corrected chi connectivity index (χ2v) is 6.21. The van der Waals surface area contributed by atoms with Gasteiger partial charge in [0.2, 0.25) is 5.91 Å². The predicted octanol–water partition coefficient (Wildman–Crippen LogP) is 1.66. The van der Waals surface area contributed by atoms with Gasteiger partial charge >= 0.3 is 0 Å². The van der Waals surface area contributed by atoms with Crippen LogP contribution in [-0.2, 0) is 17.8 Å². The molecular formula is C17H26N2O2. The standard InChI is InChI=1S/C17H26N2O2/c1-13(2)19(10-14(3)20)12-17(21)18-9-8-15-6-4-5-7-16(15)11-18/h4-7,13-14,20H,8-12H2,1-3H3. The lowest BCUT2D eigenvalue weighted by Gasteiger charge is -2.33. The molecule has 1 aliphatic rings. The Morgan fingerprint density at radius 1 is 1.29 bits per heavy atom. The topological polar surface area (TPSA) is 43.8 Å². The highest BCUT2D eigenvalue weighted by Gasteiger charge is 2.23. The molecule has 4 nitrogen and oxygen atoms in total. The zero-order valence-electron chi connectivity index (χ0n) is 13.2. The molecular weight excluding hydrogens is 264 g/mol. The Morgan fingerprint density at radius 3 is 2.57 bits per heavy atom. The average Bonchev–Trinajstić information content (AvgIpc) is 2.45. The van der Waals surface area contributed by atoms with Gasteiger partial charge in [0.1, 0.15) is 0 Å². The van der Waals surface area contributed by atoms with Crippen molar-refractivity contribution in [1.82, 2.24) is 9.80 Å². The maximum atomic E-state index is 12.5. The minimum Gasteiger partial charge on any atom is -0.392 e. The first-order chi connectivity index (χ1) is 9.97. The highest BCUT2D eigenvalue weighted by atomic mass is 16.3. The smallest absolute Gasteiger partial charge is 0.237 e. The maximum absolute atomic E-state index is 12.5. The molecule has 21 heavy (non-hydrogen) atoms. The van der Waals surface area contributed by atoms with E-state index in [2.05, 4.69) is 32.0 Å². The van der Waals surface area contributed by atoms with E-state index in [0.29, 0.717) is 19.6 Å². The van der Waals surface area contributed by atoms with E-state index in [1.807, 2.05) is 15.9 Å². The molecule has 1 atom stereocenters. The zero-order valence-corrected chi connectivity index (χ0v) is 13.2. The summed E-state index contributed by atoms with van der Waals surface area (Å²) in [5.74, 6) is 0.152. The number of carbonyl (C=O) groups is 1.